The number of carbonyl (C=O) groups is 1. The number of furan rings is 1. The lowest BCUT2D eigenvalue weighted by Crippen LogP contribution is -2.55. The fourth-order valence-corrected chi connectivity index (χ4v) is 4.50. The molecule has 0 radical (unpaired) electrons. The van der Waals surface area contributed by atoms with Gasteiger partial charge < -0.3 is 9.32 Å². The van der Waals surface area contributed by atoms with Gasteiger partial charge in [0.25, 0.3) is 0 Å². The molecule has 6 nitrogen and oxygen atoms in total. The Morgan fingerprint density at radius 1 is 1.22 bits per heavy atom. The first-order valence-corrected chi connectivity index (χ1v) is 9.97. The summed E-state index contributed by atoms with van der Waals surface area (Å²) < 4.78 is 19.2. The molecule has 2 aromatic heterocycles. The Balaban J connectivity index is 1.20. The molecule has 0 atom stereocenters. The Labute approximate surface area is 157 Å². The first kappa shape index (κ1) is 17.1. The molecule has 2 fully saturated rings. The van der Waals surface area contributed by atoms with Crippen molar-refractivity contribution in [1.29, 1.82) is 0 Å². The Bertz CT molecular complexity index is 855. The van der Waals surface area contributed by atoms with Crippen LogP contribution < -0.4 is 0 Å². The van der Waals surface area contributed by atoms with Gasteiger partial charge in [-0.2, -0.15) is 0 Å². The first-order chi connectivity index (χ1) is 13.2. The molecule has 4 heterocycles. The predicted molar refractivity (Wildman–Crippen MR) is 98.7 cm³/mol. The average Bonchev–Trinajstić information content (AvgIpc) is 2.97. The van der Waals surface area contributed by atoms with E-state index in [0.717, 1.165) is 62.0 Å². The molecule has 1 amide bonds. The van der Waals surface area contributed by atoms with E-state index in [1.807, 2.05) is 4.90 Å². The van der Waals surface area contributed by atoms with E-state index in [2.05, 4.69) is 14.8 Å². The molecule has 1 saturated heterocycles. The van der Waals surface area contributed by atoms with Crippen LogP contribution in [0.4, 0.5) is 4.39 Å². The van der Waals surface area contributed by atoms with Gasteiger partial charge >= 0.3 is 0 Å². The smallest absolute Gasteiger partial charge is 0.236 e. The maximum absolute atomic E-state index is 13.4. The van der Waals surface area contributed by atoms with Crippen LogP contribution in [0.3, 0.4) is 0 Å². The monoisotopic (exact) mass is 372 g/mol. The summed E-state index contributed by atoms with van der Waals surface area (Å²) in [6, 6.07) is 2.15. The van der Waals surface area contributed by atoms with Crippen LogP contribution in [0, 0.1) is 5.82 Å². The van der Waals surface area contributed by atoms with Crippen LogP contribution in [-0.4, -0.2) is 70.9 Å². The fraction of sp³-hybridized carbons (Fsp3) is 0.600. The van der Waals surface area contributed by atoms with Gasteiger partial charge in [-0.05, 0) is 19.3 Å². The van der Waals surface area contributed by atoms with Gasteiger partial charge in [-0.15, -0.1) is 0 Å². The lowest BCUT2D eigenvalue weighted by atomic mass is 9.91. The van der Waals surface area contributed by atoms with Gasteiger partial charge in [0.1, 0.15) is 17.1 Å². The molecule has 5 rings (SSSR count). The molecule has 7 heteroatoms. The van der Waals surface area contributed by atoms with Crippen molar-refractivity contribution < 1.29 is 13.6 Å². The van der Waals surface area contributed by atoms with Crippen LogP contribution in [0.5, 0.6) is 0 Å². The van der Waals surface area contributed by atoms with E-state index in [4.69, 9.17) is 4.42 Å². The topological polar surface area (TPSA) is 52.8 Å². The van der Waals surface area contributed by atoms with Gasteiger partial charge in [-0.25, -0.2) is 9.37 Å². The van der Waals surface area contributed by atoms with Crippen LogP contribution >= 0.6 is 0 Å². The maximum atomic E-state index is 13.4. The summed E-state index contributed by atoms with van der Waals surface area (Å²) in [5.41, 5.74) is 2.31. The highest BCUT2D eigenvalue weighted by atomic mass is 19.1. The molecule has 2 aliphatic heterocycles. The van der Waals surface area contributed by atoms with Crippen molar-refractivity contribution in [3.63, 3.8) is 0 Å². The van der Waals surface area contributed by atoms with Crippen LogP contribution in [0.2, 0.25) is 0 Å². The largest absolute Gasteiger partial charge is 0.458 e. The molecular weight excluding hydrogens is 347 g/mol. The van der Waals surface area contributed by atoms with Crippen molar-refractivity contribution in [3.05, 3.63) is 29.4 Å². The van der Waals surface area contributed by atoms with Crippen molar-refractivity contribution in [2.24, 2.45) is 0 Å². The van der Waals surface area contributed by atoms with E-state index in [9.17, 15) is 9.18 Å². The number of piperazine rings is 1. The maximum Gasteiger partial charge on any atom is 0.236 e. The number of pyridine rings is 1. The molecule has 0 bridgehead atoms. The van der Waals surface area contributed by atoms with Crippen molar-refractivity contribution in [1.82, 2.24) is 19.7 Å². The summed E-state index contributed by atoms with van der Waals surface area (Å²) >= 11 is 0. The van der Waals surface area contributed by atoms with Gasteiger partial charge in [0.05, 0.1) is 19.3 Å². The van der Waals surface area contributed by atoms with Crippen LogP contribution in [0.15, 0.2) is 16.7 Å². The average molecular weight is 372 g/mol. The molecular formula is C20H25FN4O2. The molecule has 0 N–H and O–H groups in total. The Hall–Kier alpha value is -1.99. The van der Waals surface area contributed by atoms with E-state index >= 15 is 0 Å². The van der Waals surface area contributed by atoms with Crippen molar-refractivity contribution in [3.8, 4) is 0 Å². The van der Waals surface area contributed by atoms with Crippen LogP contribution in [0.25, 0.3) is 11.1 Å². The van der Waals surface area contributed by atoms with Gasteiger partial charge in [0.2, 0.25) is 5.91 Å². The highest BCUT2D eigenvalue weighted by molar-refractivity contribution is 5.79. The minimum atomic E-state index is -0.387. The Morgan fingerprint density at radius 3 is 2.78 bits per heavy atom. The second-order valence-electron chi connectivity index (χ2n) is 7.97. The van der Waals surface area contributed by atoms with Gasteiger partial charge in [-0.3, -0.25) is 14.6 Å². The number of hydrogen-bond acceptors (Lipinski definition) is 5. The minimum Gasteiger partial charge on any atom is -0.458 e. The zero-order chi connectivity index (χ0) is 18.4. The number of halogens is 1. The fourth-order valence-electron chi connectivity index (χ4n) is 4.50. The third kappa shape index (κ3) is 3.23. The van der Waals surface area contributed by atoms with E-state index in [1.54, 1.807) is 0 Å². The predicted octanol–water partition coefficient (Wildman–Crippen LogP) is 2.02. The Kier molecular flexibility index (Phi) is 4.36. The third-order valence-electron chi connectivity index (χ3n) is 6.34. The minimum absolute atomic E-state index is 0.201. The van der Waals surface area contributed by atoms with E-state index in [-0.39, 0.29) is 11.7 Å². The molecule has 27 heavy (non-hydrogen) atoms. The molecule has 0 unspecified atom stereocenters. The molecule has 1 saturated carbocycles. The van der Waals surface area contributed by atoms with E-state index < -0.39 is 0 Å². The zero-order valence-corrected chi connectivity index (χ0v) is 15.5. The normalized spacial score (nSPS) is 22.0. The summed E-state index contributed by atoms with van der Waals surface area (Å²) in [4.78, 5) is 23.6. The van der Waals surface area contributed by atoms with Crippen molar-refractivity contribution >= 4 is 17.0 Å². The highest BCUT2D eigenvalue weighted by Gasteiger charge is 2.31. The molecule has 0 spiro atoms. The zero-order valence-electron chi connectivity index (χ0n) is 15.5. The number of amides is 1. The van der Waals surface area contributed by atoms with E-state index in [0.29, 0.717) is 18.7 Å². The highest BCUT2D eigenvalue weighted by Crippen LogP contribution is 2.29. The van der Waals surface area contributed by atoms with Gasteiger partial charge in [0, 0.05) is 50.4 Å². The number of aromatic nitrogens is 1. The van der Waals surface area contributed by atoms with Crippen molar-refractivity contribution in [2.45, 2.75) is 38.3 Å². The van der Waals surface area contributed by atoms with Crippen LogP contribution in [-0.2, 0) is 17.8 Å². The van der Waals surface area contributed by atoms with Crippen LogP contribution in [0.1, 0.15) is 30.6 Å². The third-order valence-corrected chi connectivity index (χ3v) is 6.34. The molecule has 0 aromatic carbocycles. The summed E-state index contributed by atoms with van der Waals surface area (Å²) in [6.45, 7) is 5.48. The summed E-state index contributed by atoms with van der Waals surface area (Å²) in [6.07, 6.45) is 6.01. The first-order valence-electron chi connectivity index (χ1n) is 9.97. The van der Waals surface area contributed by atoms with E-state index in [1.165, 1.54) is 31.5 Å². The SMILES string of the molecule is O=C(CN1CCc2c(oc3cc(F)cnc23)C1)N1CCN(C2CCC2)CC1. The number of nitrogens with zero attached hydrogens (tertiary/aromatic N) is 4. The van der Waals surface area contributed by atoms with Gasteiger partial charge in [-0.1, -0.05) is 6.42 Å². The number of fused-ring (bicyclic) bond motifs is 3. The number of carbonyl (C=O) groups excluding carboxylic acids is 1. The molecule has 1 aliphatic carbocycles. The molecule has 3 aliphatic rings. The second kappa shape index (κ2) is 6.87. The summed E-state index contributed by atoms with van der Waals surface area (Å²) in [5, 5.41) is 0. The van der Waals surface area contributed by atoms with Gasteiger partial charge in [0.15, 0.2) is 5.58 Å². The quantitative estimate of drug-likeness (QED) is 0.825. The number of hydrogen-bond donors (Lipinski definition) is 0. The van der Waals surface area contributed by atoms with Crippen molar-refractivity contribution in [2.75, 3.05) is 39.3 Å². The second-order valence-corrected chi connectivity index (χ2v) is 7.97. The summed E-state index contributed by atoms with van der Waals surface area (Å²) in [7, 11) is 0. The Morgan fingerprint density at radius 2 is 2.04 bits per heavy atom. The molecule has 2 aromatic rings. The molecule has 144 valence electrons. The number of rotatable bonds is 3. The lowest BCUT2D eigenvalue weighted by molar-refractivity contribution is -0.135. The standard InChI is InChI=1S/C20H25FN4O2/c21-14-10-17-20(22-11-14)16-4-5-23(12-18(16)27-17)13-19(26)25-8-6-24(7-9-25)15-2-1-3-15/h10-11,15H,1-9,12-13H2. The lowest BCUT2D eigenvalue weighted by Gasteiger charge is -2.43. The summed E-state index contributed by atoms with van der Waals surface area (Å²) in [5.74, 6) is 0.630.